The van der Waals surface area contributed by atoms with E-state index in [-0.39, 0.29) is 0 Å². The fourth-order valence-electron chi connectivity index (χ4n) is 1.97. The summed E-state index contributed by atoms with van der Waals surface area (Å²) in [6.45, 7) is 2.14. The van der Waals surface area contributed by atoms with Crippen molar-refractivity contribution >= 4 is 22.4 Å². The third kappa shape index (κ3) is 2.70. The summed E-state index contributed by atoms with van der Waals surface area (Å²) in [5.74, 6) is 0.727. The number of anilines is 2. The minimum atomic E-state index is 0.727. The first-order valence-corrected chi connectivity index (χ1v) is 7.32. The zero-order valence-corrected chi connectivity index (χ0v) is 11.9. The summed E-state index contributed by atoms with van der Waals surface area (Å²) in [4.78, 5) is 4.53. The van der Waals surface area contributed by atoms with E-state index < -0.39 is 0 Å². The van der Waals surface area contributed by atoms with Gasteiger partial charge in [0.25, 0.3) is 0 Å². The van der Waals surface area contributed by atoms with Crippen molar-refractivity contribution in [2.75, 3.05) is 5.32 Å². The zero-order valence-electron chi connectivity index (χ0n) is 11.1. The van der Waals surface area contributed by atoms with Crippen molar-refractivity contribution in [2.24, 2.45) is 0 Å². The summed E-state index contributed by atoms with van der Waals surface area (Å²) in [5, 5.41) is 11.1. The van der Waals surface area contributed by atoms with Crippen LogP contribution in [0.25, 0.3) is 11.4 Å². The van der Waals surface area contributed by atoms with E-state index in [0.29, 0.717) is 0 Å². The fourth-order valence-corrected chi connectivity index (χ4v) is 2.58. The van der Waals surface area contributed by atoms with Crippen molar-refractivity contribution in [3.8, 4) is 11.4 Å². The van der Waals surface area contributed by atoms with E-state index in [9.17, 15) is 0 Å². The molecule has 3 aromatic rings. The third-order valence-corrected chi connectivity index (χ3v) is 3.54. The van der Waals surface area contributed by atoms with Crippen molar-refractivity contribution in [1.82, 2.24) is 19.6 Å². The highest BCUT2D eigenvalue weighted by atomic mass is 32.1. The van der Waals surface area contributed by atoms with Crippen LogP contribution < -0.4 is 5.32 Å². The Labute approximate surface area is 121 Å². The molecular formula is C14H15N5S. The average Bonchev–Trinajstić information content (AvgIpc) is 3.09. The molecule has 6 heteroatoms. The number of aromatic nitrogens is 4. The largest absolute Gasteiger partial charge is 0.330 e. The fraction of sp³-hybridized carbons (Fsp3) is 0.214. The maximum absolute atomic E-state index is 4.53. The molecule has 2 N–H and O–H groups in total. The molecule has 0 aliphatic carbocycles. The number of nitrogens with zero attached hydrogens (tertiary/aromatic N) is 3. The molecule has 3 rings (SSSR count). The molecule has 0 aliphatic rings. The van der Waals surface area contributed by atoms with E-state index in [0.717, 1.165) is 40.7 Å². The second-order valence-electron chi connectivity index (χ2n) is 4.43. The Morgan fingerprint density at radius 2 is 2.10 bits per heavy atom. The molecule has 0 spiro atoms. The summed E-state index contributed by atoms with van der Waals surface area (Å²) in [6, 6.07) is 9.96. The van der Waals surface area contributed by atoms with Crippen LogP contribution >= 0.6 is 11.5 Å². The Kier molecular flexibility index (Phi) is 3.73. The zero-order chi connectivity index (χ0) is 13.8. The predicted octanol–water partition coefficient (Wildman–Crippen LogP) is 3.62. The van der Waals surface area contributed by atoms with Crippen LogP contribution in [0.5, 0.6) is 0 Å². The Hall–Kier alpha value is -2.21. The lowest BCUT2D eigenvalue weighted by molar-refractivity contribution is 0.867. The first-order valence-electron chi connectivity index (χ1n) is 6.55. The number of aromatic amines is 1. The SMILES string of the molecule is CCCc1[nH]ncc1-c1nsc(Nc2ccccc2)n1. The number of hydrogen-bond acceptors (Lipinski definition) is 5. The predicted molar refractivity (Wildman–Crippen MR) is 81.2 cm³/mol. The Morgan fingerprint density at radius 3 is 2.90 bits per heavy atom. The number of hydrogen-bond donors (Lipinski definition) is 2. The quantitative estimate of drug-likeness (QED) is 0.751. The highest BCUT2D eigenvalue weighted by Crippen LogP contribution is 2.25. The molecule has 0 saturated heterocycles. The topological polar surface area (TPSA) is 66.5 Å². The van der Waals surface area contributed by atoms with Gasteiger partial charge in [0, 0.05) is 22.9 Å². The molecular weight excluding hydrogens is 270 g/mol. The number of benzene rings is 1. The number of aryl methyl sites for hydroxylation is 1. The van der Waals surface area contributed by atoms with Gasteiger partial charge in [-0.25, -0.2) is 0 Å². The molecule has 2 aromatic heterocycles. The van der Waals surface area contributed by atoms with Crippen LogP contribution in [0.2, 0.25) is 0 Å². The lowest BCUT2D eigenvalue weighted by Gasteiger charge is -2.00. The molecule has 0 radical (unpaired) electrons. The van der Waals surface area contributed by atoms with Gasteiger partial charge in [0.15, 0.2) is 5.82 Å². The van der Waals surface area contributed by atoms with Gasteiger partial charge >= 0.3 is 0 Å². The lowest BCUT2D eigenvalue weighted by Crippen LogP contribution is -1.90. The number of nitrogens with one attached hydrogen (secondary N) is 2. The van der Waals surface area contributed by atoms with Gasteiger partial charge in [0.1, 0.15) is 0 Å². The van der Waals surface area contributed by atoms with Crippen molar-refractivity contribution in [2.45, 2.75) is 19.8 Å². The summed E-state index contributed by atoms with van der Waals surface area (Å²) in [6.07, 6.45) is 3.81. The molecule has 20 heavy (non-hydrogen) atoms. The summed E-state index contributed by atoms with van der Waals surface area (Å²) < 4.78 is 4.41. The number of H-pyrrole nitrogens is 1. The molecule has 0 saturated carbocycles. The van der Waals surface area contributed by atoms with Crippen LogP contribution in [0.15, 0.2) is 36.5 Å². The molecule has 2 heterocycles. The van der Waals surface area contributed by atoms with Crippen molar-refractivity contribution < 1.29 is 0 Å². The van der Waals surface area contributed by atoms with Gasteiger partial charge in [-0.1, -0.05) is 31.5 Å². The molecule has 0 unspecified atom stereocenters. The van der Waals surface area contributed by atoms with Gasteiger partial charge in [0.2, 0.25) is 5.13 Å². The van der Waals surface area contributed by atoms with Crippen molar-refractivity contribution in [1.29, 1.82) is 0 Å². The lowest BCUT2D eigenvalue weighted by atomic mass is 10.1. The normalized spacial score (nSPS) is 10.7. The summed E-state index contributed by atoms with van der Waals surface area (Å²) in [5.41, 5.74) is 3.09. The first kappa shape index (κ1) is 12.8. The molecule has 0 fully saturated rings. The minimum absolute atomic E-state index is 0.727. The molecule has 0 bridgehead atoms. The van der Waals surface area contributed by atoms with Crippen LogP contribution in [0.4, 0.5) is 10.8 Å². The van der Waals surface area contributed by atoms with Crippen LogP contribution in [0, 0.1) is 0 Å². The van der Waals surface area contributed by atoms with Crippen molar-refractivity contribution in [3.63, 3.8) is 0 Å². The standard InChI is InChI=1S/C14H15N5S/c1-2-6-12-11(9-15-18-12)13-17-14(20-19-13)16-10-7-4-3-5-8-10/h3-5,7-9H,2,6H2,1H3,(H,15,18)(H,16,17,19). The monoisotopic (exact) mass is 285 g/mol. The van der Waals surface area contributed by atoms with Gasteiger partial charge in [-0.15, -0.1) is 0 Å². The van der Waals surface area contributed by atoms with E-state index in [1.54, 1.807) is 6.20 Å². The van der Waals surface area contributed by atoms with E-state index in [2.05, 4.69) is 31.8 Å². The average molecular weight is 285 g/mol. The van der Waals surface area contributed by atoms with Crippen LogP contribution in [-0.4, -0.2) is 19.6 Å². The van der Waals surface area contributed by atoms with Gasteiger partial charge < -0.3 is 5.32 Å². The van der Waals surface area contributed by atoms with Gasteiger partial charge in [-0.2, -0.15) is 14.5 Å². The smallest absolute Gasteiger partial charge is 0.207 e. The summed E-state index contributed by atoms with van der Waals surface area (Å²) in [7, 11) is 0. The highest BCUT2D eigenvalue weighted by molar-refractivity contribution is 7.09. The molecule has 1 aromatic carbocycles. The van der Waals surface area contributed by atoms with E-state index in [1.807, 2.05) is 30.3 Å². The molecule has 5 nitrogen and oxygen atoms in total. The first-order chi connectivity index (χ1) is 9.86. The number of para-hydroxylation sites is 1. The van der Waals surface area contributed by atoms with Crippen LogP contribution in [-0.2, 0) is 6.42 Å². The van der Waals surface area contributed by atoms with Gasteiger partial charge in [0.05, 0.1) is 11.8 Å². The molecule has 0 atom stereocenters. The Morgan fingerprint density at radius 1 is 1.25 bits per heavy atom. The molecule has 0 aliphatic heterocycles. The van der Waals surface area contributed by atoms with Gasteiger partial charge in [-0.3, -0.25) is 5.10 Å². The minimum Gasteiger partial charge on any atom is -0.330 e. The molecule has 0 amide bonds. The summed E-state index contributed by atoms with van der Waals surface area (Å²) >= 11 is 1.36. The van der Waals surface area contributed by atoms with Crippen molar-refractivity contribution in [3.05, 3.63) is 42.2 Å². The van der Waals surface area contributed by atoms with Crippen LogP contribution in [0.3, 0.4) is 0 Å². The molecule has 102 valence electrons. The van der Waals surface area contributed by atoms with Gasteiger partial charge in [-0.05, 0) is 18.6 Å². The Bertz CT molecular complexity index is 674. The highest BCUT2D eigenvalue weighted by Gasteiger charge is 2.12. The Balaban J connectivity index is 1.81. The van der Waals surface area contributed by atoms with E-state index in [4.69, 9.17) is 0 Å². The maximum atomic E-state index is 4.53. The van der Waals surface area contributed by atoms with Crippen LogP contribution in [0.1, 0.15) is 19.0 Å². The van der Waals surface area contributed by atoms with E-state index >= 15 is 0 Å². The maximum Gasteiger partial charge on any atom is 0.207 e. The number of rotatable bonds is 5. The third-order valence-electron chi connectivity index (χ3n) is 2.91. The second kappa shape index (κ2) is 5.83. The second-order valence-corrected chi connectivity index (χ2v) is 5.18. The van der Waals surface area contributed by atoms with E-state index in [1.165, 1.54) is 11.5 Å².